The van der Waals surface area contributed by atoms with E-state index >= 15 is 0 Å². The number of allylic oxidation sites excluding steroid dienone is 3. The number of nitrogens with zero attached hydrogens (tertiary/aromatic N) is 8. The fourth-order valence-corrected chi connectivity index (χ4v) is 4.74. The van der Waals surface area contributed by atoms with Crippen molar-refractivity contribution >= 4 is 34.1 Å². The topological polar surface area (TPSA) is 97.4 Å². The lowest BCUT2D eigenvalue weighted by Gasteiger charge is -2.30. The average molecular weight is 479 g/mol. The Bertz CT molecular complexity index is 1250. The number of anilines is 2. The van der Waals surface area contributed by atoms with Crippen LogP contribution in [0.1, 0.15) is 38.2 Å². The highest BCUT2D eigenvalue weighted by Crippen LogP contribution is 2.31. The standard InChI is InChI=1S/C25H34N8O2/c1-5-33-24-21(26-25(33)32-10-6-19(34)7-11-32)23(31-12-14-35-15-13-31)27-22(28-24)18(3)16-17(2)20-8-9-30(4)29-20/h8-9,16,19,34H,3,5-7,10-15H2,1-2,4H3/b17-16+. The van der Waals surface area contributed by atoms with E-state index in [-0.39, 0.29) is 6.10 Å². The van der Waals surface area contributed by atoms with Crippen LogP contribution in [0.5, 0.6) is 0 Å². The molecule has 2 saturated heterocycles. The van der Waals surface area contributed by atoms with E-state index in [9.17, 15) is 5.11 Å². The molecule has 0 unspecified atom stereocenters. The quantitative estimate of drug-likeness (QED) is 0.540. The van der Waals surface area contributed by atoms with Crippen molar-refractivity contribution in [3.63, 3.8) is 0 Å². The van der Waals surface area contributed by atoms with Gasteiger partial charge in [-0.15, -0.1) is 0 Å². The second-order valence-electron chi connectivity index (χ2n) is 9.24. The summed E-state index contributed by atoms with van der Waals surface area (Å²) in [7, 11) is 1.91. The summed E-state index contributed by atoms with van der Waals surface area (Å²) >= 11 is 0. The first-order chi connectivity index (χ1) is 16.9. The number of fused-ring (bicyclic) bond motifs is 1. The van der Waals surface area contributed by atoms with Crippen LogP contribution in [0.3, 0.4) is 0 Å². The largest absolute Gasteiger partial charge is 0.393 e. The molecule has 0 radical (unpaired) electrons. The van der Waals surface area contributed by atoms with Gasteiger partial charge in [0.2, 0.25) is 5.95 Å². The van der Waals surface area contributed by atoms with Gasteiger partial charge in [0.25, 0.3) is 0 Å². The third-order valence-corrected chi connectivity index (χ3v) is 6.73. The van der Waals surface area contributed by atoms with Crippen LogP contribution in [0, 0.1) is 0 Å². The molecular formula is C25H34N8O2. The van der Waals surface area contributed by atoms with Gasteiger partial charge in [-0.1, -0.05) is 6.58 Å². The van der Waals surface area contributed by atoms with Gasteiger partial charge >= 0.3 is 0 Å². The van der Waals surface area contributed by atoms with Gasteiger partial charge in [0.15, 0.2) is 22.8 Å². The summed E-state index contributed by atoms with van der Waals surface area (Å²) in [4.78, 5) is 19.5. The Morgan fingerprint density at radius 1 is 1.14 bits per heavy atom. The first-order valence-corrected chi connectivity index (χ1v) is 12.4. The average Bonchev–Trinajstić information content (AvgIpc) is 3.47. The maximum absolute atomic E-state index is 9.99. The Balaban J connectivity index is 1.60. The molecule has 0 bridgehead atoms. The van der Waals surface area contributed by atoms with Crippen molar-refractivity contribution in [1.29, 1.82) is 0 Å². The number of aromatic nitrogens is 6. The zero-order chi connectivity index (χ0) is 24.5. The number of piperidine rings is 1. The van der Waals surface area contributed by atoms with E-state index in [1.54, 1.807) is 4.68 Å². The van der Waals surface area contributed by atoms with Gasteiger partial charge < -0.3 is 19.6 Å². The Morgan fingerprint density at radius 3 is 2.54 bits per heavy atom. The molecule has 2 fully saturated rings. The highest BCUT2D eigenvalue weighted by Gasteiger charge is 2.27. The zero-order valence-corrected chi connectivity index (χ0v) is 20.8. The van der Waals surface area contributed by atoms with E-state index in [4.69, 9.17) is 19.7 Å². The molecule has 0 spiro atoms. The molecule has 0 atom stereocenters. The minimum absolute atomic E-state index is 0.238. The molecule has 0 aliphatic carbocycles. The van der Waals surface area contributed by atoms with Gasteiger partial charge in [-0.05, 0) is 44.4 Å². The summed E-state index contributed by atoms with van der Waals surface area (Å²) in [5.41, 5.74) is 4.25. The zero-order valence-electron chi connectivity index (χ0n) is 20.8. The van der Waals surface area contributed by atoms with Gasteiger partial charge in [0.1, 0.15) is 0 Å². The van der Waals surface area contributed by atoms with E-state index in [2.05, 4.69) is 33.0 Å². The fraction of sp³-hybridized carbons (Fsp3) is 0.520. The minimum Gasteiger partial charge on any atom is -0.393 e. The summed E-state index contributed by atoms with van der Waals surface area (Å²) in [5.74, 6) is 2.30. The van der Waals surface area contributed by atoms with E-state index in [0.717, 1.165) is 85.3 Å². The maximum Gasteiger partial charge on any atom is 0.207 e. The minimum atomic E-state index is -0.238. The molecule has 3 aromatic rings. The highest BCUT2D eigenvalue weighted by molar-refractivity contribution is 5.89. The maximum atomic E-state index is 9.99. The molecule has 10 heteroatoms. The summed E-state index contributed by atoms with van der Waals surface area (Å²) < 4.78 is 9.54. The van der Waals surface area contributed by atoms with Crippen molar-refractivity contribution in [1.82, 2.24) is 29.3 Å². The Kier molecular flexibility index (Phi) is 6.57. The van der Waals surface area contributed by atoms with Crippen molar-refractivity contribution in [3.05, 3.63) is 36.4 Å². The van der Waals surface area contributed by atoms with Gasteiger partial charge in [-0.25, -0.2) is 15.0 Å². The van der Waals surface area contributed by atoms with Gasteiger partial charge in [-0.2, -0.15) is 5.10 Å². The molecule has 0 saturated carbocycles. The van der Waals surface area contributed by atoms with Crippen molar-refractivity contribution in [2.75, 3.05) is 49.2 Å². The molecule has 2 aliphatic rings. The number of hydrogen-bond acceptors (Lipinski definition) is 8. The molecule has 1 N–H and O–H groups in total. The monoisotopic (exact) mass is 478 g/mol. The van der Waals surface area contributed by atoms with Crippen molar-refractivity contribution < 1.29 is 9.84 Å². The smallest absolute Gasteiger partial charge is 0.207 e. The van der Waals surface area contributed by atoms with Crippen LogP contribution >= 0.6 is 0 Å². The number of hydrogen-bond donors (Lipinski definition) is 1. The summed E-state index contributed by atoms with van der Waals surface area (Å²) in [6.07, 6.45) is 5.17. The van der Waals surface area contributed by atoms with Crippen LogP contribution in [-0.4, -0.2) is 79.9 Å². The Morgan fingerprint density at radius 2 is 1.89 bits per heavy atom. The first kappa shape index (κ1) is 23.5. The molecule has 5 rings (SSSR count). The third-order valence-electron chi connectivity index (χ3n) is 6.73. The van der Waals surface area contributed by atoms with Crippen LogP contribution in [0.4, 0.5) is 11.8 Å². The van der Waals surface area contributed by atoms with Gasteiger partial charge in [0.05, 0.1) is 25.0 Å². The SMILES string of the molecule is C=C(/C=C(\C)c1ccn(C)n1)c1nc(N2CCOCC2)c2nc(N3CCC(O)CC3)n(CC)c2n1. The lowest BCUT2D eigenvalue weighted by Crippen LogP contribution is -2.37. The summed E-state index contributed by atoms with van der Waals surface area (Å²) in [6, 6.07) is 1.98. The van der Waals surface area contributed by atoms with Gasteiger partial charge in [-0.3, -0.25) is 9.25 Å². The molecule has 3 aromatic heterocycles. The second-order valence-corrected chi connectivity index (χ2v) is 9.24. The van der Waals surface area contributed by atoms with Crippen LogP contribution in [0.25, 0.3) is 22.3 Å². The molecule has 186 valence electrons. The number of aliphatic hydroxyl groups excluding tert-OH is 1. The van der Waals surface area contributed by atoms with Crippen molar-refractivity contribution in [3.8, 4) is 0 Å². The number of rotatable bonds is 6. The van der Waals surface area contributed by atoms with Crippen molar-refractivity contribution in [2.24, 2.45) is 7.05 Å². The molecule has 0 aromatic carbocycles. The molecule has 2 aliphatic heterocycles. The molecule has 35 heavy (non-hydrogen) atoms. The van der Waals surface area contributed by atoms with E-state index in [0.29, 0.717) is 19.0 Å². The number of aliphatic hydroxyl groups is 1. The molecule has 10 nitrogen and oxygen atoms in total. The molecule has 5 heterocycles. The van der Waals surface area contributed by atoms with Crippen LogP contribution in [0.15, 0.2) is 24.9 Å². The number of morpholine rings is 1. The normalized spacial score (nSPS) is 18.0. The number of ether oxygens (including phenoxy) is 1. The molecular weight excluding hydrogens is 444 g/mol. The first-order valence-electron chi connectivity index (χ1n) is 12.4. The van der Waals surface area contributed by atoms with E-state index in [1.807, 2.05) is 32.3 Å². The van der Waals surface area contributed by atoms with E-state index < -0.39 is 0 Å². The Labute approximate surface area is 205 Å². The fourth-order valence-electron chi connectivity index (χ4n) is 4.74. The summed E-state index contributed by atoms with van der Waals surface area (Å²) in [5, 5.41) is 14.5. The van der Waals surface area contributed by atoms with Crippen molar-refractivity contribution in [2.45, 2.75) is 39.3 Å². The Hall–Kier alpha value is -3.24. The number of aryl methyl sites for hydroxylation is 2. The second kappa shape index (κ2) is 9.79. The van der Waals surface area contributed by atoms with Crippen LogP contribution in [0.2, 0.25) is 0 Å². The highest BCUT2D eigenvalue weighted by atomic mass is 16.5. The van der Waals surface area contributed by atoms with Gasteiger partial charge in [0, 0.05) is 51.5 Å². The lowest BCUT2D eigenvalue weighted by molar-refractivity contribution is 0.122. The molecule has 0 amide bonds. The lowest BCUT2D eigenvalue weighted by atomic mass is 10.1. The number of imidazole rings is 1. The van der Waals surface area contributed by atoms with Crippen LogP contribution < -0.4 is 9.80 Å². The third kappa shape index (κ3) is 4.68. The van der Waals surface area contributed by atoms with E-state index in [1.165, 1.54) is 0 Å². The van der Waals surface area contributed by atoms with Crippen LogP contribution in [-0.2, 0) is 18.3 Å². The predicted molar refractivity (Wildman–Crippen MR) is 137 cm³/mol. The predicted octanol–water partition coefficient (Wildman–Crippen LogP) is 2.49. The summed E-state index contributed by atoms with van der Waals surface area (Å²) in [6.45, 7) is 13.5.